The Kier molecular flexibility index (Phi) is 3.91. The largest absolute Gasteiger partial charge is 0.236 e. The number of nitrogens with zero attached hydrogens (tertiary/aromatic N) is 2. The number of thiazole rings is 1. The van der Waals surface area contributed by atoms with Crippen LogP contribution in [0.15, 0.2) is 35.8 Å². The second-order valence-corrected chi connectivity index (χ2v) is 4.34. The molecule has 0 aliphatic carbocycles. The maximum Gasteiger partial charge on any atom is 0.166 e. The van der Waals surface area contributed by atoms with Gasteiger partial charge in [0.05, 0.1) is 11.6 Å². The first kappa shape index (κ1) is 11.4. The average Bonchev–Trinajstić information content (AvgIpc) is 2.88. The molecule has 0 saturated carbocycles. The number of rotatable bonds is 2. The van der Waals surface area contributed by atoms with Crippen LogP contribution in [-0.4, -0.2) is 4.98 Å². The summed E-state index contributed by atoms with van der Waals surface area (Å²) in [5.41, 5.74) is 1.90. The third-order valence-corrected chi connectivity index (χ3v) is 2.94. The molecule has 1 aromatic heterocycles. The van der Waals surface area contributed by atoms with Crippen LogP contribution in [0.5, 0.6) is 0 Å². The van der Waals surface area contributed by atoms with Crippen molar-refractivity contribution in [2.75, 3.05) is 0 Å². The summed E-state index contributed by atoms with van der Waals surface area (Å²) in [4.78, 5) is 4.09. The van der Waals surface area contributed by atoms with Crippen LogP contribution >= 0.6 is 11.3 Å². The van der Waals surface area contributed by atoms with Crippen LogP contribution in [0.25, 0.3) is 0 Å². The molecule has 0 bridgehead atoms. The summed E-state index contributed by atoms with van der Waals surface area (Å²) in [6.45, 7) is 0. The lowest BCUT2D eigenvalue weighted by molar-refractivity contribution is 1.03. The maximum atomic E-state index is 8.67. The Hall–Kier alpha value is -2.10. The summed E-state index contributed by atoms with van der Waals surface area (Å²) < 4.78 is 0. The molecule has 17 heavy (non-hydrogen) atoms. The van der Waals surface area contributed by atoms with Crippen molar-refractivity contribution in [2.24, 2.45) is 0 Å². The molecular formula is C14H10N2S. The van der Waals surface area contributed by atoms with Gasteiger partial charge in [-0.3, -0.25) is 0 Å². The molecule has 0 spiro atoms. The Bertz CT molecular complexity index is 565. The maximum absolute atomic E-state index is 8.67. The van der Waals surface area contributed by atoms with Gasteiger partial charge in [0, 0.05) is 18.0 Å². The quantitative estimate of drug-likeness (QED) is 0.754. The highest BCUT2D eigenvalue weighted by atomic mass is 32.1. The molecule has 3 heteroatoms. The van der Waals surface area contributed by atoms with Crippen molar-refractivity contribution in [3.05, 3.63) is 52.0 Å². The van der Waals surface area contributed by atoms with Gasteiger partial charge in [-0.2, -0.15) is 5.26 Å². The fourth-order valence-electron chi connectivity index (χ4n) is 1.38. The van der Waals surface area contributed by atoms with E-state index in [1.54, 1.807) is 17.5 Å². The molecule has 1 heterocycles. The molecule has 0 unspecified atom stereocenters. The van der Waals surface area contributed by atoms with E-state index in [1.807, 2.05) is 29.6 Å². The van der Waals surface area contributed by atoms with Crippen molar-refractivity contribution >= 4 is 11.3 Å². The molecule has 0 saturated heterocycles. The van der Waals surface area contributed by atoms with E-state index >= 15 is 0 Å². The van der Waals surface area contributed by atoms with Crippen molar-refractivity contribution in [1.29, 1.82) is 5.26 Å². The monoisotopic (exact) mass is 238 g/mol. The van der Waals surface area contributed by atoms with E-state index in [-0.39, 0.29) is 0 Å². The van der Waals surface area contributed by atoms with Gasteiger partial charge in [-0.1, -0.05) is 18.1 Å². The zero-order chi connectivity index (χ0) is 11.9. The molecule has 0 aliphatic heterocycles. The highest BCUT2D eigenvalue weighted by Gasteiger charge is 1.92. The van der Waals surface area contributed by atoms with Crippen LogP contribution in [0, 0.1) is 23.2 Å². The first-order chi connectivity index (χ1) is 8.38. The highest BCUT2D eigenvalue weighted by Crippen LogP contribution is 2.06. The molecule has 0 amide bonds. The van der Waals surface area contributed by atoms with Crippen molar-refractivity contribution in [2.45, 2.75) is 12.8 Å². The minimum absolute atomic E-state index is 0.697. The summed E-state index contributed by atoms with van der Waals surface area (Å²) in [6, 6.07) is 9.73. The summed E-state index contributed by atoms with van der Waals surface area (Å²) in [5.74, 6) is 6.12. The fourth-order valence-corrected chi connectivity index (χ4v) is 1.88. The molecule has 0 atom stereocenters. The van der Waals surface area contributed by atoms with E-state index in [0.29, 0.717) is 5.56 Å². The van der Waals surface area contributed by atoms with Crippen LogP contribution in [0.2, 0.25) is 0 Å². The van der Waals surface area contributed by atoms with E-state index in [0.717, 1.165) is 17.8 Å². The molecule has 0 N–H and O–H groups in total. The van der Waals surface area contributed by atoms with Crippen LogP contribution < -0.4 is 0 Å². The summed E-state index contributed by atoms with van der Waals surface area (Å²) >= 11 is 1.55. The molecule has 0 radical (unpaired) electrons. The minimum Gasteiger partial charge on any atom is -0.236 e. The first-order valence-corrected chi connectivity index (χ1v) is 6.14. The van der Waals surface area contributed by atoms with Crippen molar-refractivity contribution in [3.63, 3.8) is 0 Å². The van der Waals surface area contributed by atoms with Crippen molar-refractivity contribution in [1.82, 2.24) is 4.98 Å². The Balaban J connectivity index is 1.88. The van der Waals surface area contributed by atoms with Gasteiger partial charge < -0.3 is 0 Å². The number of hydrogen-bond acceptors (Lipinski definition) is 3. The van der Waals surface area contributed by atoms with Gasteiger partial charge in [-0.15, -0.1) is 11.3 Å². The van der Waals surface area contributed by atoms with E-state index in [1.165, 1.54) is 5.56 Å². The van der Waals surface area contributed by atoms with Crippen LogP contribution in [0.4, 0.5) is 0 Å². The average molecular weight is 238 g/mol. The molecule has 82 valence electrons. The molecule has 1 aromatic carbocycles. The Morgan fingerprint density at radius 1 is 1.24 bits per heavy atom. The SMILES string of the molecule is N#Cc1ccc(CCC#Cc2nccs2)cc1. The zero-order valence-electron chi connectivity index (χ0n) is 9.18. The molecule has 2 aromatic rings. The second-order valence-electron chi connectivity index (χ2n) is 3.45. The molecule has 0 aliphatic rings. The van der Waals surface area contributed by atoms with Crippen LogP contribution in [-0.2, 0) is 6.42 Å². The molecule has 0 fully saturated rings. The van der Waals surface area contributed by atoms with Gasteiger partial charge in [-0.05, 0) is 30.0 Å². The number of nitriles is 1. The minimum atomic E-state index is 0.697. The second kappa shape index (κ2) is 5.84. The topological polar surface area (TPSA) is 36.7 Å². The zero-order valence-corrected chi connectivity index (χ0v) is 10.00. The summed E-state index contributed by atoms with van der Waals surface area (Å²) in [7, 11) is 0. The molecular weight excluding hydrogens is 228 g/mol. The van der Waals surface area contributed by atoms with Gasteiger partial charge in [0.1, 0.15) is 0 Å². The number of benzene rings is 1. The number of hydrogen-bond donors (Lipinski definition) is 0. The van der Waals surface area contributed by atoms with Crippen LogP contribution in [0.1, 0.15) is 22.6 Å². The van der Waals surface area contributed by atoms with Crippen molar-refractivity contribution < 1.29 is 0 Å². The molecule has 2 rings (SSSR count). The van der Waals surface area contributed by atoms with Gasteiger partial charge in [0.15, 0.2) is 5.01 Å². The predicted octanol–water partition coefficient (Wildman–Crippen LogP) is 3.00. The van der Waals surface area contributed by atoms with Gasteiger partial charge in [0.25, 0.3) is 0 Å². The lowest BCUT2D eigenvalue weighted by Crippen LogP contribution is -1.84. The van der Waals surface area contributed by atoms with Gasteiger partial charge in [-0.25, -0.2) is 4.98 Å². The standard InChI is InChI=1S/C14H10N2S/c15-11-13-7-5-12(6-8-13)3-1-2-4-14-16-9-10-17-14/h5-10H,1,3H2. The van der Waals surface area contributed by atoms with Crippen LogP contribution in [0.3, 0.4) is 0 Å². The van der Waals surface area contributed by atoms with E-state index in [2.05, 4.69) is 22.9 Å². The lowest BCUT2D eigenvalue weighted by Gasteiger charge is -1.96. The predicted molar refractivity (Wildman–Crippen MR) is 68.5 cm³/mol. The normalized spacial score (nSPS) is 9.12. The van der Waals surface area contributed by atoms with Crippen molar-refractivity contribution in [3.8, 4) is 17.9 Å². The third kappa shape index (κ3) is 3.45. The third-order valence-electron chi connectivity index (χ3n) is 2.25. The van der Waals surface area contributed by atoms with Gasteiger partial charge in [0.2, 0.25) is 0 Å². The Labute approximate surface area is 105 Å². The molecule has 2 nitrogen and oxygen atoms in total. The number of aromatic nitrogens is 1. The van der Waals surface area contributed by atoms with Gasteiger partial charge >= 0.3 is 0 Å². The Morgan fingerprint density at radius 2 is 2.06 bits per heavy atom. The van der Waals surface area contributed by atoms with E-state index in [4.69, 9.17) is 5.26 Å². The van der Waals surface area contributed by atoms with E-state index in [9.17, 15) is 0 Å². The first-order valence-electron chi connectivity index (χ1n) is 5.26. The lowest BCUT2D eigenvalue weighted by atomic mass is 10.1. The smallest absolute Gasteiger partial charge is 0.166 e. The summed E-state index contributed by atoms with van der Waals surface area (Å²) in [5, 5.41) is 11.5. The van der Waals surface area contributed by atoms with E-state index < -0.39 is 0 Å². The Morgan fingerprint density at radius 3 is 2.71 bits per heavy atom. The fraction of sp³-hybridized carbons (Fsp3) is 0.143. The number of aryl methyl sites for hydroxylation is 1. The highest BCUT2D eigenvalue weighted by molar-refractivity contribution is 7.10. The summed E-state index contributed by atoms with van der Waals surface area (Å²) in [6.07, 6.45) is 3.48.